The van der Waals surface area contributed by atoms with E-state index in [9.17, 15) is 14.4 Å². The van der Waals surface area contributed by atoms with Crippen LogP contribution in [0.3, 0.4) is 0 Å². The van der Waals surface area contributed by atoms with Crippen LogP contribution in [0, 0.1) is 6.92 Å². The minimum atomic E-state index is -1.52. The van der Waals surface area contributed by atoms with Crippen molar-refractivity contribution in [3.63, 3.8) is 0 Å². The molecule has 10 heteroatoms. The van der Waals surface area contributed by atoms with Gasteiger partial charge in [0.1, 0.15) is 12.2 Å². The average molecular weight is 627 g/mol. The Morgan fingerprint density at radius 1 is 0.935 bits per heavy atom. The Morgan fingerprint density at radius 2 is 1.50 bits per heavy atom. The summed E-state index contributed by atoms with van der Waals surface area (Å²) in [4.78, 5) is 40.4. The number of benzene rings is 3. The molecule has 0 bridgehead atoms. The zero-order chi connectivity index (χ0) is 32.5. The van der Waals surface area contributed by atoms with Crippen molar-refractivity contribution in [2.75, 3.05) is 6.61 Å². The third kappa shape index (κ3) is 7.60. The van der Waals surface area contributed by atoms with Crippen LogP contribution in [0.15, 0.2) is 119 Å². The van der Waals surface area contributed by atoms with E-state index in [4.69, 9.17) is 23.7 Å². The molecule has 0 amide bonds. The first-order valence-electron chi connectivity index (χ1n) is 15.0. The molecule has 0 spiro atoms. The Hall–Kier alpha value is -4.61. The molecule has 240 valence electrons. The van der Waals surface area contributed by atoms with Crippen LogP contribution in [-0.2, 0) is 48.3 Å². The van der Waals surface area contributed by atoms with Gasteiger partial charge in [-0.05, 0) is 23.6 Å². The number of ether oxygens (including phenoxy) is 5. The molecule has 1 aliphatic rings. The van der Waals surface area contributed by atoms with Gasteiger partial charge < -0.3 is 23.7 Å². The lowest BCUT2D eigenvalue weighted by Gasteiger charge is -2.38. The fraction of sp³-hybridized carbons (Fsp3) is 0.306. The molecule has 0 radical (unpaired) electrons. The number of carbonyl (C=O) groups excluding carboxylic acids is 1. The zero-order valence-electron chi connectivity index (χ0n) is 25.9. The number of aromatic nitrogens is 2. The van der Waals surface area contributed by atoms with Crippen molar-refractivity contribution in [3.05, 3.63) is 153 Å². The summed E-state index contributed by atoms with van der Waals surface area (Å²) < 4.78 is 33.1. The SMILES string of the molecule is C=C[C@@]1(OCc2ccccc2)[C@@H]([C@@H](COCc2ccccc2)OCc2ccccc2)O[C@@H](n2cc(C)c(=O)[nH]c2=O)[C@@H]1OC(C)=O. The molecule has 0 aliphatic carbocycles. The summed E-state index contributed by atoms with van der Waals surface area (Å²) in [5, 5.41) is 0. The largest absolute Gasteiger partial charge is 0.454 e. The molecule has 2 heterocycles. The summed E-state index contributed by atoms with van der Waals surface area (Å²) in [5.74, 6) is -0.620. The summed E-state index contributed by atoms with van der Waals surface area (Å²) in [6.07, 6.45) is -1.27. The summed E-state index contributed by atoms with van der Waals surface area (Å²) in [6, 6.07) is 28.8. The van der Waals surface area contributed by atoms with Crippen LogP contribution in [-0.4, -0.2) is 46.0 Å². The van der Waals surface area contributed by atoms with Crippen LogP contribution in [0.2, 0.25) is 0 Å². The molecule has 1 saturated heterocycles. The Morgan fingerprint density at radius 3 is 2.07 bits per heavy atom. The highest BCUT2D eigenvalue weighted by molar-refractivity contribution is 5.66. The van der Waals surface area contributed by atoms with Crippen LogP contribution in [0.1, 0.15) is 35.4 Å². The van der Waals surface area contributed by atoms with Crippen molar-refractivity contribution in [1.82, 2.24) is 9.55 Å². The molecule has 5 rings (SSSR count). The van der Waals surface area contributed by atoms with Gasteiger partial charge in [-0.3, -0.25) is 19.1 Å². The molecule has 1 aliphatic heterocycles. The van der Waals surface area contributed by atoms with Gasteiger partial charge in [0, 0.05) is 18.7 Å². The Kier molecular flexibility index (Phi) is 10.8. The Bertz CT molecular complexity index is 1710. The molecule has 10 nitrogen and oxygen atoms in total. The van der Waals surface area contributed by atoms with E-state index in [1.807, 2.05) is 91.0 Å². The topological polar surface area (TPSA) is 118 Å². The first-order chi connectivity index (χ1) is 22.3. The molecular formula is C36H38N2O8. The molecule has 1 N–H and O–H groups in total. The first kappa shape index (κ1) is 32.8. The van der Waals surface area contributed by atoms with Crippen molar-refractivity contribution >= 4 is 5.97 Å². The fourth-order valence-corrected chi connectivity index (χ4v) is 5.51. The van der Waals surface area contributed by atoms with Gasteiger partial charge in [0.15, 0.2) is 17.9 Å². The van der Waals surface area contributed by atoms with Crippen LogP contribution in [0.4, 0.5) is 0 Å². The highest BCUT2D eigenvalue weighted by Gasteiger charge is 2.62. The van der Waals surface area contributed by atoms with E-state index < -0.39 is 47.4 Å². The minimum absolute atomic E-state index is 0.0652. The van der Waals surface area contributed by atoms with Gasteiger partial charge in [0.25, 0.3) is 5.56 Å². The molecule has 0 saturated carbocycles. The third-order valence-corrected chi connectivity index (χ3v) is 7.84. The molecule has 3 aromatic carbocycles. The maximum absolute atomic E-state index is 13.2. The normalized spacial score (nSPS) is 21.5. The standard InChI is InChI=1S/C36H38N2O8/c1-4-36(44-23-29-18-12-7-13-19-29)31(46-34(32(36)45-26(3)39)38-20-25(2)33(40)37-35(38)41)30(43-22-28-16-10-6-11-17-28)24-42-21-27-14-8-5-9-15-27/h4-20,30-32,34H,1,21-24H2,2-3H3,(H,37,40,41)/t30-,31-,32+,34-,36-/m1/s1. The van der Waals surface area contributed by atoms with E-state index in [2.05, 4.69) is 11.6 Å². The molecule has 5 atom stereocenters. The molecule has 0 unspecified atom stereocenters. The lowest BCUT2D eigenvalue weighted by atomic mass is 9.88. The zero-order valence-corrected chi connectivity index (χ0v) is 25.9. The molecular weight excluding hydrogens is 588 g/mol. The van der Waals surface area contributed by atoms with Gasteiger partial charge in [-0.25, -0.2) is 4.79 Å². The number of nitrogens with one attached hydrogen (secondary N) is 1. The number of H-pyrrole nitrogens is 1. The summed E-state index contributed by atoms with van der Waals surface area (Å²) in [6.45, 7) is 7.63. The first-order valence-corrected chi connectivity index (χ1v) is 15.0. The molecule has 1 fully saturated rings. The second-order valence-electron chi connectivity index (χ2n) is 11.1. The Labute approximate surface area is 267 Å². The average Bonchev–Trinajstić information content (AvgIpc) is 3.37. The summed E-state index contributed by atoms with van der Waals surface area (Å²) in [7, 11) is 0. The number of aryl methyl sites for hydroxylation is 1. The van der Waals surface area contributed by atoms with Gasteiger partial charge in [0.05, 0.1) is 26.4 Å². The van der Waals surface area contributed by atoms with E-state index in [0.717, 1.165) is 16.7 Å². The highest BCUT2D eigenvalue weighted by atomic mass is 16.7. The predicted molar refractivity (Wildman–Crippen MR) is 171 cm³/mol. The van der Waals surface area contributed by atoms with Crippen molar-refractivity contribution in [2.45, 2.75) is 63.8 Å². The molecule has 46 heavy (non-hydrogen) atoms. The van der Waals surface area contributed by atoms with Crippen molar-refractivity contribution < 1.29 is 28.5 Å². The van der Waals surface area contributed by atoms with E-state index in [1.54, 1.807) is 6.92 Å². The maximum atomic E-state index is 13.2. The summed E-state index contributed by atoms with van der Waals surface area (Å²) in [5.41, 5.74) is 0.224. The maximum Gasteiger partial charge on any atom is 0.330 e. The summed E-state index contributed by atoms with van der Waals surface area (Å²) >= 11 is 0. The van der Waals surface area contributed by atoms with Gasteiger partial charge in [-0.15, -0.1) is 0 Å². The van der Waals surface area contributed by atoms with Crippen LogP contribution < -0.4 is 11.2 Å². The van der Waals surface area contributed by atoms with E-state index in [-0.39, 0.29) is 25.4 Å². The predicted octanol–water partition coefficient (Wildman–Crippen LogP) is 4.62. The molecule has 1 aromatic heterocycles. The Balaban J connectivity index is 1.57. The quantitative estimate of drug-likeness (QED) is 0.159. The van der Waals surface area contributed by atoms with E-state index >= 15 is 0 Å². The van der Waals surface area contributed by atoms with E-state index in [0.29, 0.717) is 6.61 Å². The van der Waals surface area contributed by atoms with E-state index in [1.165, 1.54) is 23.8 Å². The second-order valence-corrected chi connectivity index (χ2v) is 11.1. The number of hydrogen-bond acceptors (Lipinski definition) is 8. The van der Waals surface area contributed by atoms with Crippen molar-refractivity contribution in [3.8, 4) is 0 Å². The van der Waals surface area contributed by atoms with Gasteiger partial charge >= 0.3 is 11.7 Å². The smallest absolute Gasteiger partial charge is 0.330 e. The highest BCUT2D eigenvalue weighted by Crippen LogP contribution is 2.45. The van der Waals surface area contributed by atoms with Crippen LogP contribution in [0.25, 0.3) is 0 Å². The number of hydrogen-bond donors (Lipinski definition) is 1. The fourth-order valence-electron chi connectivity index (χ4n) is 5.51. The van der Waals surface area contributed by atoms with Gasteiger partial charge in [-0.1, -0.05) is 104 Å². The van der Waals surface area contributed by atoms with Crippen LogP contribution >= 0.6 is 0 Å². The number of esters is 1. The van der Waals surface area contributed by atoms with Gasteiger partial charge in [-0.2, -0.15) is 0 Å². The lowest BCUT2D eigenvalue weighted by molar-refractivity contribution is -0.176. The molecule has 4 aromatic rings. The number of aromatic amines is 1. The van der Waals surface area contributed by atoms with Crippen molar-refractivity contribution in [1.29, 1.82) is 0 Å². The van der Waals surface area contributed by atoms with Crippen molar-refractivity contribution in [2.24, 2.45) is 0 Å². The number of carbonyl (C=O) groups is 1. The third-order valence-electron chi connectivity index (χ3n) is 7.84. The van der Waals surface area contributed by atoms with Crippen LogP contribution in [0.5, 0.6) is 0 Å². The van der Waals surface area contributed by atoms with Gasteiger partial charge in [0.2, 0.25) is 0 Å². The second kappa shape index (κ2) is 15.1. The number of nitrogens with zero attached hydrogens (tertiary/aromatic N) is 1. The number of rotatable bonds is 14. The monoisotopic (exact) mass is 626 g/mol. The lowest BCUT2D eigenvalue weighted by Crippen LogP contribution is -2.55. The minimum Gasteiger partial charge on any atom is -0.454 e.